The lowest BCUT2D eigenvalue weighted by Gasteiger charge is -2.12. The largest absolute Gasteiger partial charge is 0.393 e. The van der Waals surface area contributed by atoms with E-state index in [-0.39, 0.29) is 6.10 Å². The molecule has 68 valence electrons. The van der Waals surface area contributed by atoms with E-state index in [9.17, 15) is 5.11 Å². The lowest BCUT2D eigenvalue weighted by atomic mass is 10.0. The highest BCUT2D eigenvalue weighted by atomic mass is 16.3. The Morgan fingerprint density at radius 3 is 2.67 bits per heavy atom. The van der Waals surface area contributed by atoms with Crippen molar-refractivity contribution in [3.05, 3.63) is 18.2 Å². The summed E-state index contributed by atoms with van der Waals surface area (Å²) in [5.74, 6) is 1.36. The number of aryl methyl sites for hydroxylation is 1. The second kappa shape index (κ2) is 3.72. The number of nitrogens with zero attached hydrogens (tertiary/aromatic N) is 2. The quantitative estimate of drug-likeness (QED) is 0.738. The Morgan fingerprint density at radius 1 is 1.58 bits per heavy atom. The Labute approximate surface area is 73.1 Å². The number of aliphatic hydroxyl groups excluding tert-OH is 1. The van der Waals surface area contributed by atoms with Crippen molar-refractivity contribution in [2.75, 3.05) is 0 Å². The third-order valence-corrected chi connectivity index (χ3v) is 1.99. The highest BCUT2D eigenvalue weighted by molar-refractivity contribution is 4.98. The summed E-state index contributed by atoms with van der Waals surface area (Å²) in [5, 5.41) is 9.18. The SMILES string of the molecule is CC(O)CC(C)c1nccn1C. The van der Waals surface area contributed by atoms with Crippen molar-refractivity contribution in [2.24, 2.45) is 7.05 Å². The van der Waals surface area contributed by atoms with Gasteiger partial charge in [-0.15, -0.1) is 0 Å². The normalized spacial score (nSPS) is 16.0. The minimum atomic E-state index is -0.253. The maximum atomic E-state index is 9.18. The van der Waals surface area contributed by atoms with E-state index in [1.54, 1.807) is 13.1 Å². The molecule has 0 aromatic carbocycles. The minimum absolute atomic E-state index is 0.253. The lowest BCUT2D eigenvalue weighted by molar-refractivity contribution is 0.175. The molecule has 12 heavy (non-hydrogen) atoms. The summed E-state index contributed by atoms with van der Waals surface area (Å²) in [6.07, 6.45) is 4.23. The molecule has 0 fully saturated rings. The molecule has 0 radical (unpaired) electrons. The average Bonchev–Trinajstić information content (AvgIpc) is 2.33. The van der Waals surface area contributed by atoms with Crippen molar-refractivity contribution >= 4 is 0 Å². The van der Waals surface area contributed by atoms with Crippen molar-refractivity contribution < 1.29 is 5.11 Å². The molecule has 0 saturated carbocycles. The van der Waals surface area contributed by atoms with Crippen LogP contribution >= 0.6 is 0 Å². The van der Waals surface area contributed by atoms with Crippen LogP contribution in [0, 0.1) is 0 Å². The van der Waals surface area contributed by atoms with E-state index in [2.05, 4.69) is 11.9 Å². The Hall–Kier alpha value is -0.830. The van der Waals surface area contributed by atoms with Gasteiger partial charge in [-0.3, -0.25) is 0 Å². The van der Waals surface area contributed by atoms with E-state index >= 15 is 0 Å². The fraction of sp³-hybridized carbons (Fsp3) is 0.667. The summed E-state index contributed by atoms with van der Waals surface area (Å²) in [5.41, 5.74) is 0. The monoisotopic (exact) mass is 168 g/mol. The molecule has 0 aliphatic rings. The molecule has 0 amide bonds. The van der Waals surface area contributed by atoms with Crippen molar-refractivity contribution in [1.29, 1.82) is 0 Å². The summed E-state index contributed by atoms with van der Waals surface area (Å²) in [4.78, 5) is 4.22. The van der Waals surface area contributed by atoms with Gasteiger partial charge in [0.15, 0.2) is 0 Å². The topological polar surface area (TPSA) is 38.1 Å². The van der Waals surface area contributed by atoms with Gasteiger partial charge in [-0.1, -0.05) is 6.92 Å². The molecule has 2 unspecified atom stereocenters. The Kier molecular flexibility index (Phi) is 2.87. The van der Waals surface area contributed by atoms with Crippen LogP contribution in [0.2, 0.25) is 0 Å². The van der Waals surface area contributed by atoms with Crippen LogP contribution in [-0.2, 0) is 7.05 Å². The third-order valence-electron chi connectivity index (χ3n) is 1.99. The zero-order valence-corrected chi connectivity index (χ0v) is 7.86. The number of rotatable bonds is 3. The van der Waals surface area contributed by atoms with Gasteiger partial charge in [0.2, 0.25) is 0 Å². The molecule has 3 nitrogen and oxygen atoms in total. The Balaban J connectivity index is 2.65. The van der Waals surface area contributed by atoms with Gasteiger partial charge in [0.25, 0.3) is 0 Å². The second-order valence-corrected chi connectivity index (χ2v) is 3.38. The zero-order valence-electron chi connectivity index (χ0n) is 7.86. The molecule has 1 aromatic heterocycles. The Morgan fingerprint density at radius 2 is 2.25 bits per heavy atom. The second-order valence-electron chi connectivity index (χ2n) is 3.38. The summed E-state index contributed by atoms with van der Waals surface area (Å²) < 4.78 is 1.99. The molecule has 0 bridgehead atoms. The minimum Gasteiger partial charge on any atom is -0.393 e. The fourth-order valence-corrected chi connectivity index (χ4v) is 1.47. The molecule has 0 saturated heterocycles. The van der Waals surface area contributed by atoms with Crippen LogP contribution in [0.4, 0.5) is 0 Å². The maximum absolute atomic E-state index is 9.18. The van der Waals surface area contributed by atoms with Crippen molar-refractivity contribution in [1.82, 2.24) is 9.55 Å². The molecule has 0 aliphatic heterocycles. The first-order valence-electron chi connectivity index (χ1n) is 4.26. The van der Waals surface area contributed by atoms with E-state index in [0.717, 1.165) is 12.2 Å². The van der Waals surface area contributed by atoms with Gasteiger partial charge in [-0.25, -0.2) is 4.98 Å². The Bertz CT molecular complexity index is 242. The van der Waals surface area contributed by atoms with E-state index in [0.29, 0.717) is 5.92 Å². The van der Waals surface area contributed by atoms with Crippen LogP contribution in [0.5, 0.6) is 0 Å². The predicted molar refractivity (Wildman–Crippen MR) is 47.9 cm³/mol. The van der Waals surface area contributed by atoms with E-state index in [4.69, 9.17) is 0 Å². The van der Waals surface area contributed by atoms with Gasteiger partial charge in [0.05, 0.1) is 6.10 Å². The smallest absolute Gasteiger partial charge is 0.111 e. The van der Waals surface area contributed by atoms with E-state index in [1.165, 1.54) is 0 Å². The van der Waals surface area contributed by atoms with Crippen LogP contribution in [0.3, 0.4) is 0 Å². The van der Waals surface area contributed by atoms with Crippen LogP contribution in [0.15, 0.2) is 12.4 Å². The summed E-state index contributed by atoms with van der Waals surface area (Å²) in [7, 11) is 1.97. The van der Waals surface area contributed by atoms with E-state index < -0.39 is 0 Å². The molecule has 1 N–H and O–H groups in total. The predicted octanol–water partition coefficient (Wildman–Crippen LogP) is 1.29. The highest BCUT2D eigenvalue weighted by Gasteiger charge is 2.12. The molecule has 3 heteroatoms. The first-order chi connectivity index (χ1) is 5.61. The van der Waals surface area contributed by atoms with Gasteiger partial charge >= 0.3 is 0 Å². The van der Waals surface area contributed by atoms with Gasteiger partial charge in [0, 0.05) is 25.4 Å². The highest BCUT2D eigenvalue weighted by Crippen LogP contribution is 2.17. The standard InChI is InChI=1S/C9H16N2O/c1-7(6-8(2)12)9-10-4-5-11(9)3/h4-5,7-8,12H,6H2,1-3H3. The first-order valence-corrected chi connectivity index (χ1v) is 4.26. The third kappa shape index (κ3) is 2.08. The molecule has 2 atom stereocenters. The number of imidazole rings is 1. The van der Waals surface area contributed by atoms with Crippen LogP contribution < -0.4 is 0 Å². The number of aromatic nitrogens is 2. The maximum Gasteiger partial charge on any atom is 0.111 e. The summed E-state index contributed by atoms with van der Waals surface area (Å²) in [6.45, 7) is 3.88. The molecule has 1 rings (SSSR count). The van der Waals surface area contributed by atoms with Gasteiger partial charge in [-0.05, 0) is 13.3 Å². The van der Waals surface area contributed by atoms with Crippen LogP contribution in [-0.4, -0.2) is 20.8 Å². The molecular formula is C9H16N2O. The number of hydrogen-bond acceptors (Lipinski definition) is 2. The summed E-state index contributed by atoms with van der Waals surface area (Å²) in [6, 6.07) is 0. The van der Waals surface area contributed by atoms with Crippen molar-refractivity contribution in [3.8, 4) is 0 Å². The molecule has 1 aromatic rings. The molecule has 0 spiro atoms. The molecule has 1 heterocycles. The zero-order chi connectivity index (χ0) is 9.14. The van der Waals surface area contributed by atoms with Gasteiger partial charge in [-0.2, -0.15) is 0 Å². The van der Waals surface area contributed by atoms with Crippen molar-refractivity contribution in [2.45, 2.75) is 32.3 Å². The van der Waals surface area contributed by atoms with Crippen LogP contribution in [0.1, 0.15) is 32.0 Å². The molecular weight excluding hydrogens is 152 g/mol. The fourth-order valence-electron chi connectivity index (χ4n) is 1.47. The first kappa shape index (κ1) is 9.26. The average molecular weight is 168 g/mol. The number of hydrogen-bond donors (Lipinski definition) is 1. The molecule has 0 aliphatic carbocycles. The van der Waals surface area contributed by atoms with Crippen molar-refractivity contribution in [3.63, 3.8) is 0 Å². The van der Waals surface area contributed by atoms with Gasteiger partial charge < -0.3 is 9.67 Å². The number of aliphatic hydroxyl groups is 1. The summed E-state index contributed by atoms with van der Waals surface area (Å²) >= 11 is 0. The lowest BCUT2D eigenvalue weighted by Crippen LogP contribution is -2.09. The van der Waals surface area contributed by atoms with Gasteiger partial charge in [0.1, 0.15) is 5.82 Å². The van der Waals surface area contributed by atoms with E-state index in [1.807, 2.05) is 17.8 Å². The van der Waals surface area contributed by atoms with Crippen LogP contribution in [0.25, 0.3) is 0 Å².